The van der Waals surface area contributed by atoms with Crippen LogP contribution in [0.25, 0.3) is 0 Å². The molecule has 2 heterocycles. The predicted molar refractivity (Wildman–Crippen MR) is 126 cm³/mol. The lowest BCUT2D eigenvalue weighted by molar-refractivity contribution is 0.181. The number of aliphatic hydroxyl groups excluding tert-OH is 1. The van der Waals surface area contributed by atoms with Gasteiger partial charge in [0.1, 0.15) is 17.7 Å². The molecule has 1 aromatic heterocycles. The van der Waals surface area contributed by atoms with Gasteiger partial charge in [-0.1, -0.05) is 25.1 Å². The number of guanidine groups is 1. The number of aromatic nitrogens is 2. The van der Waals surface area contributed by atoms with Crippen LogP contribution in [0, 0.1) is 5.82 Å². The molecule has 1 atom stereocenters. The maximum absolute atomic E-state index is 13.8. The van der Waals surface area contributed by atoms with Gasteiger partial charge in [-0.25, -0.2) is 9.37 Å². The SMILES string of the molecule is CCNC(=NCC(O)c1ccccc1F)N1CCN(c2nc(CC)ns2)CC1.I. The van der Waals surface area contributed by atoms with Crippen molar-refractivity contribution < 1.29 is 9.50 Å². The van der Waals surface area contributed by atoms with Crippen molar-refractivity contribution in [3.8, 4) is 0 Å². The number of nitrogens with zero attached hydrogens (tertiary/aromatic N) is 5. The summed E-state index contributed by atoms with van der Waals surface area (Å²) >= 11 is 1.45. The van der Waals surface area contributed by atoms with Crippen LogP contribution in [0.15, 0.2) is 29.3 Å². The Balaban J connectivity index is 0.00000300. The Hall–Kier alpha value is -1.53. The molecule has 10 heteroatoms. The maximum atomic E-state index is 13.8. The van der Waals surface area contributed by atoms with Crippen molar-refractivity contribution in [1.29, 1.82) is 0 Å². The zero-order chi connectivity index (χ0) is 19.9. The summed E-state index contributed by atoms with van der Waals surface area (Å²) < 4.78 is 18.2. The van der Waals surface area contributed by atoms with E-state index in [2.05, 4.69) is 36.4 Å². The van der Waals surface area contributed by atoms with Crippen LogP contribution in [0.1, 0.15) is 31.3 Å². The van der Waals surface area contributed by atoms with E-state index in [1.807, 2.05) is 6.92 Å². The molecule has 160 valence electrons. The first kappa shape index (κ1) is 23.7. The van der Waals surface area contributed by atoms with Crippen LogP contribution in [0.2, 0.25) is 0 Å². The first-order valence-corrected chi connectivity index (χ1v) is 10.4. The highest BCUT2D eigenvalue weighted by molar-refractivity contribution is 14.0. The summed E-state index contributed by atoms with van der Waals surface area (Å²) in [6, 6.07) is 6.27. The van der Waals surface area contributed by atoms with E-state index in [9.17, 15) is 9.50 Å². The van der Waals surface area contributed by atoms with Gasteiger partial charge in [0.25, 0.3) is 0 Å². The lowest BCUT2D eigenvalue weighted by Gasteiger charge is -2.36. The van der Waals surface area contributed by atoms with Crippen LogP contribution in [0.3, 0.4) is 0 Å². The number of piperazine rings is 1. The molecule has 0 bridgehead atoms. The summed E-state index contributed by atoms with van der Waals surface area (Å²) in [6.45, 7) is 8.15. The summed E-state index contributed by atoms with van der Waals surface area (Å²) in [6.07, 6.45) is -0.122. The molecule has 2 aromatic rings. The summed E-state index contributed by atoms with van der Waals surface area (Å²) in [4.78, 5) is 13.5. The predicted octanol–water partition coefficient (Wildman–Crippen LogP) is 2.68. The van der Waals surface area contributed by atoms with Crippen molar-refractivity contribution in [2.24, 2.45) is 4.99 Å². The van der Waals surface area contributed by atoms with Gasteiger partial charge in [0, 0.05) is 56.2 Å². The number of aliphatic imine (C=N–C) groups is 1. The third kappa shape index (κ3) is 6.22. The van der Waals surface area contributed by atoms with Crippen molar-refractivity contribution in [2.45, 2.75) is 26.4 Å². The van der Waals surface area contributed by atoms with E-state index in [0.717, 1.165) is 56.1 Å². The van der Waals surface area contributed by atoms with E-state index >= 15 is 0 Å². The van der Waals surface area contributed by atoms with Gasteiger partial charge < -0.3 is 20.2 Å². The van der Waals surface area contributed by atoms with Gasteiger partial charge in [0.2, 0.25) is 5.13 Å². The topological polar surface area (TPSA) is 76.9 Å². The van der Waals surface area contributed by atoms with Crippen molar-refractivity contribution in [3.05, 3.63) is 41.5 Å². The summed E-state index contributed by atoms with van der Waals surface area (Å²) in [5.41, 5.74) is 0.273. The molecule has 1 aliphatic rings. The molecule has 0 saturated carbocycles. The molecule has 0 spiro atoms. The number of rotatable bonds is 6. The molecule has 1 aromatic carbocycles. The second-order valence-electron chi connectivity index (χ2n) is 6.55. The zero-order valence-corrected chi connectivity index (χ0v) is 19.9. The molecule has 2 N–H and O–H groups in total. The average molecular weight is 534 g/mol. The lowest BCUT2D eigenvalue weighted by atomic mass is 10.1. The quantitative estimate of drug-likeness (QED) is 0.337. The fraction of sp³-hybridized carbons (Fsp3) is 0.526. The molecule has 1 unspecified atom stereocenters. The number of halogens is 2. The summed E-state index contributed by atoms with van der Waals surface area (Å²) in [5.74, 6) is 1.22. The second-order valence-corrected chi connectivity index (χ2v) is 7.28. The minimum absolute atomic E-state index is 0. The Labute approximate surface area is 192 Å². The summed E-state index contributed by atoms with van der Waals surface area (Å²) in [7, 11) is 0. The number of aryl methyl sites for hydroxylation is 1. The monoisotopic (exact) mass is 534 g/mol. The Morgan fingerprint density at radius 2 is 2.00 bits per heavy atom. The first-order chi connectivity index (χ1) is 13.6. The number of nitrogens with one attached hydrogen (secondary N) is 1. The first-order valence-electron chi connectivity index (χ1n) is 9.65. The molecular formula is C19H28FIN6OS. The Bertz CT molecular complexity index is 797. The Morgan fingerprint density at radius 1 is 1.28 bits per heavy atom. The number of hydrogen-bond acceptors (Lipinski definition) is 6. The molecule has 0 radical (unpaired) electrons. The van der Waals surface area contributed by atoms with Crippen molar-refractivity contribution >= 4 is 46.6 Å². The van der Waals surface area contributed by atoms with Gasteiger partial charge in [0.05, 0.1) is 6.54 Å². The highest BCUT2D eigenvalue weighted by Crippen LogP contribution is 2.20. The highest BCUT2D eigenvalue weighted by Gasteiger charge is 2.22. The molecular weight excluding hydrogens is 506 g/mol. The fourth-order valence-corrected chi connectivity index (χ4v) is 3.87. The van der Waals surface area contributed by atoms with Gasteiger partial charge in [-0.05, 0) is 13.0 Å². The zero-order valence-electron chi connectivity index (χ0n) is 16.7. The van der Waals surface area contributed by atoms with E-state index in [4.69, 9.17) is 0 Å². The van der Waals surface area contributed by atoms with E-state index in [-0.39, 0.29) is 36.1 Å². The fourth-order valence-electron chi connectivity index (χ4n) is 3.07. The molecule has 29 heavy (non-hydrogen) atoms. The van der Waals surface area contributed by atoms with Crippen LogP contribution >= 0.6 is 35.5 Å². The van der Waals surface area contributed by atoms with E-state index in [1.165, 1.54) is 17.6 Å². The number of anilines is 1. The highest BCUT2D eigenvalue weighted by atomic mass is 127. The van der Waals surface area contributed by atoms with Crippen molar-refractivity contribution in [2.75, 3.05) is 44.2 Å². The molecule has 0 amide bonds. The Morgan fingerprint density at radius 3 is 2.62 bits per heavy atom. The van der Waals surface area contributed by atoms with Gasteiger partial charge in [0.15, 0.2) is 5.96 Å². The number of benzene rings is 1. The maximum Gasteiger partial charge on any atom is 0.205 e. The number of hydrogen-bond donors (Lipinski definition) is 2. The lowest BCUT2D eigenvalue weighted by Crippen LogP contribution is -2.52. The van der Waals surface area contributed by atoms with Gasteiger partial charge in [-0.15, -0.1) is 24.0 Å². The number of aliphatic hydroxyl groups is 1. The largest absolute Gasteiger partial charge is 0.386 e. The van der Waals surface area contributed by atoms with Crippen molar-refractivity contribution in [3.63, 3.8) is 0 Å². The smallest absolute Gasteiger partial charge is 0.205 e. The van der Waals surface area contributed by atoms with E-state index < -0.39 is 11.9 Å². The molecule has 1 aliphatic heterocycles. The van der Waals surface area contributed by atoms with Crippen molar-refractivity contribution in [1.82, 2.24) is 19.6 Å². The molecule has 3 rings (SSSR count). The second kappa shape index (κ2) is 11.6. The van der Waals surface area contributed by atoms with Crippen LogP contribution < -0.4 is 10.2 Å². The van der Waals surface area contributed by atoms with Crippen LogP contribution in [0.4, 0.5) is 9.52 Å². The molecule has 1 saturated heterocycles. The third-order valence-electron chi connectivity index (χ3n) is 4.64. The van der Waals surface area contributed by atoms with Crippen LogP contribution in [-0.4, -0.2) is 64.6 Å². The minimum Gasteiger partial charge on any atom is -0.386 e. The normalized spacial score (nSPS) is 15.8. The van der Waals surface area contributed by atoms with E-state index in [0.29, 0.717) is 0 Å². The average Bonchev–Trinajstić information content (AvgIpc) is 3.21. The Kier molecular flexibility index (Phi) is 9.50. The molecule has 0 aliphatic carbocycles. The van der Waals surface area contributed by atoms with Gasteiger partial charge in [-0.2, -0.15) is 4.37 Å². The minimum atomic E-state index is -0.968. The van der Waals surface area contributed by atoms with Crippen LogP contribution in [-0.2, 0) is 6.42 Å². The summed E-state index contributed by atoms with van der Waals surface area (Å²) in [5, 5.41) is 14.6. The van der Waals surface area contributed by atoms with Crippen LogP contribution in [0.5, 0.6) is 0 Å². The molecule has 7 nitrogen and oxygen atoms in total. The third-order valence-corrected chi connectivity index (χ3v) is 5.45. The van der Waals surface area contributed by atoms with Gasteiger partial charge in [-0.3, -0.25) is 4.99 Å². The molecule has 1 fully saturated rings. The van der Waals surface area contributed by atoms with Gasteiger partial charge >= 0.3 is 0 Å². The van der Waals surface area contributed by atoms with E-state index in [1.54, 1.807) is 18.2 Å². The standard InChI is InChI=1S/C19H27FN6OS.HI/c1-3-17-23-19(28-24-17)26-11-9-25(10-12-26)18(21-4-2)22-13-16(27)14-7-5-6-8-15(14)20;/h5-8,16,27H,3-4,9-13H2,1-2H3,(H,21,22);1H.